The third-order valence-electron chi connectivity index (χ3n) is 2.65. The number of alkyl halides is 3. The van der Waals surface area contributed by atoms with E-state index in [9.17, 15) is 13.2 Å². The Balaban J connectivity index is 2.40. The molecule has 0 fully saturated rings. The van der Waals surface area contributed by atoms with E-state index in [-0.39, 0.29) is 18.2 Å². The first-order chi connectivity index (χ1) is 9.93. The van der Waals surface area contributed by atoms with Gasteiger partial charge >= 0.3 is 6.36 Å². The summed E-state index contributed by atoms with van der Waals surface area (Å²) in [6.07, 6.45) is -4.75. The number of aromatic nitrogens is 1. The minimum absolute atomic E-state index is 0.214. The zero-order chi connectivity index (χ0) is 15.5. The highest BCUT2D eigenvalue weighted by molar-refractivity contribution is 5.70. The molecule has 7 heteroatoms. The molecule has 0 aliphatic carbocycles. The van der Waals surface area contributed by atoms with E-state index in [1.54, 1.807) is 18.2 Å². The summed E-state index contributed by atoms with van der Waals surface area (Å²) in [6.45, 7) is -0.256. The molecule has 0 aliphatic rings. The molecule has 0 amide bonds. The zero-order valence-corrected chi connectivity index (χ0v) is 11.0. The second-order valence-electron chi connectivity index (χ2n) is 4.09. The zero-order valence-electron chi connectivity index (χ0n) is 11.0. The molecule has 0 spiro atoms. The van der Waals surface area contributed by atoms with Crippen molar-refractivity contribution >= 4 is 0 Å². The van der Waals surface area contributed by atoms with Gasteiger partial charge in [0.15, 0.2) is 0 Å². The molecule has 2 aromatic rings. The molecule has 1 heterocycles. The number of aliphatic hydroxyl groups excluding tert-OH is 1. The maximum atomic E-state index is 12.2. The van der Waals surface area contributed by atoms with Gasteiger partial charge in [-0.25, -0.2) is 4.98 Å². The summed E-state index contributed by atoms with van der Waals surface area (Å²) in [7, 11) is 1.39. The van der Waals surface area contributed by atoms with Crippen LogP contribution in [0.1, 0.15) is 5.69 Å². The Kier molecular flexibility index (Phi) is 4.32. The Hall–Kier alpha value is -2.28. The molecular weight excluding hydrogens is 287 g/mol. The number of methoxy groups -OCH3 is 1. The van der Waals surface area contributed by atoms with Crippen molar-refractivity contribution < 1.29 is 27.8 Å². The fourth-order valence-corrected chi connectivity index (χ4v) is 1.80. The number of nitrogens with zero attached hydrogens (tertiary/aromatic N) is 1. The lowest BCUT2D eigenvalue weighted by Gasteiger charge is -2.12. The number of hydrogen-bond donors (Lipinski definition) is 1. The first-order valence-electron chi connectivity index (χ1n) is 5.94. The summed E-state index contributed by atoms with van der Waals surface area (Å²) in [5.74, 6) is -0.112. The van der Waals surface area contributed by atoms with Crippen LogP contribution >= 0.6 is 0 Å². The van der Waals surface area contributed by atoms with E-state index in [1.807, 2.05) is 0 Å². The molecule has 21 heavy (non-hydrogen) atoms. The molecule has 4 nitrogen and oxygen atoms in total. The molecule has 0 aliphatic heterocycles. The number of ether oxygens (including phenoxy) is 2. The van der Waals surface area contributed by atoms with Crippen molar-refractivity contribution in [3.63, 3.8) is 0 Å². The minimum Gasteiger partial charge on any atom is -0.481 e. The van der Waals surface area contributed by atoms with Crippen LogP contribution < -0.4 is 9.47 Å². The highest BCUT2D eigenvalue weighted by atomic mass is 19.4. The average Bonchev–Trinajstić information content (AvgIpc) is 2.45. The molecule has 1 N–H and O–H groups in total. The topological polar surface area (TPSA) is 51.6 Å². The average molecular weight is 299 g/mol. The molecular formula is C14H12F3NO3. The summed E-state index contributed by atoms with van der Waals surface area (Å²) < 4.78 is 45.7. The third-order valence-corrected chi connectivity index (χ3v) is 2.65. The van der Waals surface area contributed by atoms with E-state index in [0.717, 1.165) is 0 Å². The van der Waals surface area contributed by atoms with Gasteiger partial charge in [-0.3, -0.25) is 0 Å². The first kappa shape index (κ1) is 15.1. The quantitative estimate of drug-likeness (QED) is 0.942. The maximum Gasteiger partial charge on any atom is 0.573 e. The molecule has 2 rings (SSSR count). The second-order valence-corrected chi connectivity index (χ2v) is 4.09. The smallest absolute Gasteiger partial charge is 0.481 e. The van der Waals surface area contributed by atoms with Crippen molar-refractivity contribution in [1.82, 2.24) is 4.98 Å². The molecule has 0 unspecified atom stereocenters. The Labute approximate surface area is 118 Å². The highest BCUT2D eigenvalue weighted by Crippen LogP contribution is 2.32. The highest BCUT2D eigenvalue weighted by Gasteiger charge is 2.31. The largest absolute Gasteiger partial charge is 0.573 e. The van der Waals surface area contributed by atoms with Crippen molar-refractivity contribution in [2.45, 2.75) is 13.0 Å². The number of rotatable bonds is 4. The van der Waals surface area contributed by atoms with Gasteiger partial charge in [-0.05, 0) is 29.8 Å². The Bertz CT molecular complexity index is 629. The van der Waals surface area contributed by atoms with Gasteiger partial charge in [0.05, 0.1) is 19.4 Å². The van der Waals surface area contributed by atoms with Gasteiger partial charge in [-0.1, -0.05) is 12.1 Å². The first-order valence-corrected chi connectivity index (χ1v) is 5.94. The fraction of sp³-hybridized carbons (Fsp3) is 0.214. The van der Waals surface area contributed by atoms with Crippen LogP contribution in [0.3, 0.4) is 0 Å². The van der Waals surface area contributed by atoms with Gasteiger partial charge in [-0.15, -0.1) is 13.2 Å². The van der Waals surface area contributed by atoms with E-state index in [1.165, 1.54) is 25.3 Å². The van der Waals surface area contributed by atoms with Gasteiger partial charge in [-0.2, -0.15) is 0 Å². The third kappa shape index (κ3) is 3.85. The maximum absolute atomic E-state index is 12.2. The summed E-state index contributed by atoms with van der Waals surface area (Å²) in [5, 5.41) is 9.03. The van der Waals surface area contributed by atoms with Gasteiger partial charge in [0, 0.05) is 5.56 Å². The number of halogens is 3. The van der Waals surface area contributed by atoms with Crippen molar-refractivity contribution in [3.05, 3.63) is 42.1 Å². The Morgan fingerprint density at radius 2 is 1.95 bits per heavy atom. The second kappa shape index (κ2) is 6.01. The van der Waals surface area contributed by atoms with Crippen LogP contribution in [-0.4, -0.2) is 23.6 Å². The van der Waals surface area contributed by atoms with Crippen LogP contribution in [-0.2, 0) is 6.61 Å². The van der Waals surface area contributed by atoms with Crippen molar-refractivity contribution in [2.75, 3.05) is 7.11 Å². The predicted molar refractivity (Wildman–Crippen MR) is 68.8 cm³/mol. The monoisotopic (exact) mass is 299 g/mol. The molecule has 0 radical (unpaired) electrons. The summed E-state index contributed by atoms with van der Waals surface area (Å²) >= 11 is 0. The van der Waals surface area contributed by atoms with Crippen molar-refractivity contribution in [1.29, 1.82) is 0 Å². The minimum atomic E-state index is -4.75. The fourth-order valence-electron chi connectivity index (χ4n) is 1.80. The van der Waals surface area contributed by atoms with Crippen LogP contribution in [0.4, 0.5) is 13.2 Å². The summed E-state index contributed by atoms with van der Waals surface area (Å²) in [5.41, 5.74) is 1.37. The molecule has 0 atom stereocenters. The van der Waals surface area contributed by atoms with E-state index in [4.69, 9.17) is 9.84 Å². The van der Waals surface area contributed by atoms with Crippen LogP contribution in [0.15, 0.2) is 36.4 Å². The molecule has 0 saturated heterocycles. The van der Waals surface area contributed by atoms with Crippen LogP contribution in [0, 0.1) is 0 Å². The molecule has 1 aromatic heterocycles. The van der Waals surface area contributed by atoms with E-state index in [0.29, 0.717) is 16.8 Å². The van der Waals surface area contributed by atoms with E-state index < -0.39 is 6.36 Å². The number of benzene rings is 1. The lowest BCUT2D eigenvalue weighted by molar-refractivity contribution is -0.274. The van der Waals surface area contributed by atoms with Crippen LogP contribution in [0.25, 0.3) is 11.1 Å². The molecule has 112 valence electrons. The summed E-state index contributed by atoms with van der Waals surface area (Å²) in [6, 6.07) is 8.68. The normalized spacial score (nSPS) is 11.3. The van der Waals surface area contributed by atoms with Crippen molar-refractivity contribution in [2.24, 2.45) is 0 Å². The van der Waals surface area contributed by atoms with Crippen LogP contribution in [0.5, 0.6) is 11.6 Å². The predicted octanol–water partition coefficient (Wildman–Crippen LogP) is 3.15. The summed E-state index contributed by atoms with van der Waals surface area (Å²) in [4.78, 5) is 4.06. The lowest BCUT2D eigenvalue weighted by atomic mass is 10.1. The van der Waals surface area contributed by atoms with Gasteiger partial charge in [0.25, 0.3) is 0 Å². The van der Waals surface area contributed by atoms with E-state index >= 15 is 0 Å². The standard InChI is InChI=1S/C14H12F3NO3/c1-20-13-12(6-5-10(8-19)18-13)9-3-2-4-11(7-9)21-14(15,16)17/h2-7,19H,8H2,1H3. The Morgan fingerprint density at radius 1 is 1.19 bits per heavy atom. The van der Waals surface area contributed by atoms with Gasteiger partial charge in [0.1, 0.15) is 5.75 Å². The number of aliphatic hydroxyl groups is 1. The SMILES string of the molecule is COc1nc(CO)ccc1-c1cccc(OC(F)(F)F)c1. The van der Waals surface area contributed by atoms with Crippen molar-refractivity contribution in [3.8, 4) is 22.8 Å². The Morgan fingerprint density at radius 3 is 2.57 bits per heavy atom. The number of hydrogen-bond acceptors (Lipinski definition) is 4. The van der Waals surface area contributed by atoms with E-state index in [2.05, 4.69) is 9.72 Å². The lowest BCUT2D eigenvalue weighted by Crippen LogP contribution is -2.17. The molecule has 1 aromatic carbocycles. The molecule has 0 bridgehead atoms. The van der Waals surface area contributed by atoms with Gasteiger partial charge < -0.3 is 14.6 Å². The van der Waals surface area contributed by atoms with Crippen LogP contribution in [0.2, 0.25) is 0 Å². The molecule has 0 saturated carbocycles. The number of pyridine rings is 1. The van der Waals surface area contributed by atoms with Gasteiger partial charge in [0.2, 0.25) is 5.88 Å².